The highest BCUT2D eigenvalue weighted by molar-refractivity contribution is 6.73. The third-order valence-electron chi connectivity index (χ3n) is 5.52. The first-order valence-corrected chi connectivity index (χ1v) is 18.1. The van der Waals surface area contributed by atoms with Gasteiger partial charge in [0.15, 0.2) is 16.5 Å². The second-order valence-electron chi connectivity index (χ2n) is 10.1. The first-order valence-electron chi connectivity index (χ1n) is 11.2. The van der Waals surface area contributed by atoms with Gasteiger partial charge in [-0.1, -0.05) is 99.9 Å². The monoisotopic (exact) mass is 452 g/mol. The summed E-state index contributed by atoms with van der Waals surface area (Å²) in [6.07, 6.45) is 2.88. The van der Waals surface area contributed by atoms with Crippen LogP contribution in [-0.2, 0) is 0 Å². The smallest absolute Gasteiger partial charge is 0.168 e. The van der Waals surface area contributed by atoms with Crippen molar-refractivity contribution in [3.05, 3.63) is 71.8 Å². The van der Waals surface area contributed by atoms with Crippen molar-refractivity contribution in [2.24, 2.45) is 10.2 Å². The van der Waals surface area contributed by atoms with Crippen LogP contribution >= 0.6 is 0 Å². The van der Waals surface area contributed by atoms with E-state index in [9.17, 15) is 0 Å². The van der Waals surface area contributed by atoms with Gasteiger partial charge in [-0.25, -0.2) is 0 Å². The van der Waals surface area contributed by atoms with Crippen LogP contribution in [-0.4, -0.2) is 51.3 Å². The van der Waals surface area contributed by atoms with Crippen molar-refractivity contribution in [1.82, 2.24) is 9.35 Å². The molecule has 0 aliphatic rings. The van der Waals surface area contributed by atoms with Gasteiger partial charge in [-0.2, -0.15) is 10.2 Å². The standard InChI is InChI=1S/C25H40N4Si2/c1-28(30(3,4)5)26-24(22-16-11-9-12-17-22)20-15-21-25(23-18-13-10-14-19-23)27-29(2)31(6,7)8/h9-14,16-19H,15,20-21H2,1-8H3. The predicted octanol–water partition coefficient (Wildman–Crippen LogP) is 6.50. The molecule has 0 amide bonds. The molecule has 2 aromatic rings. The van der Waals surface area contributed by atoms with Crippen LogP contribution < -0.4 is 0 Å². The van der Waals surface area contributed by atoms with E-state index in [0.717, 1.165) is 30.7 Å². The van der Waals surface area contributed by atoms with Gasteiger partial charge < -0.3 is 9.35 Å². The van der Waals surface area contributed by atoms with Crippen LogP contribution in [0.2, 0.25) is 39.3 Å². The fourth-order valence-electron chi connectivity index (χ4n) is 2.85. The maximum absolute atomic E-state index is 5.06. The van der Waals surface area contributed by atoms with Gasteiger partial charge in [0.25, 0.3) is 0 Å². The van der Waals surface area contributed by atoms with Gasteiger partial charge >= 0.3 is 0 Å². The van der Waals surface area contributed by atoms with Crippen molar-refractivity contribution in [2.75, 3.05) is 14.1 Å². The molecule has 0 fully saturated rings. The molecule has 0 spiro atoms. The Hall–Kier alpha value is -2.19. The number of nitrogens with zero attached hydrogens (tertiary/aromatic N) is 4. The van der Waals surface area contributed by atoms with Crippen LogP contribution in [0.3, 0.4) is 0 Å². The minimum atomic E-state index is -1.49. The third kappa shape index (κ3) is 8.11. The van der Waals surface area contributed by atoms with Gasteiger partial charge in [-0.05, 0) is 30.4 Å². The lowest BCUT2D eigenvalue weighted by molar-refractivity contribution is 0.543. The van der Waals surface area contributed by atoms with Crippen LogP contribution in [0, 0.1) is 0 Å². The summed E-state index contributed by atoms with van der Waals surface area (Å²) in [7, 11) is 1.25. The molecular weight excluding hydrogens is 412 g/mol. The molecule has 0 radical (unpaired) electrons. The lowest BCUT2D eigenvalue weighted by atomic mass is 10.0. The minimum absolute atomic E-state index is 0.932. The maximum atomic E-state index is 5.06. The van der Waals surface area contributed by atoms with Crippen LogP contribution in [0.25, 0.3) is 0 Å². The molecule has 0 bridgehead atoms. The molecule has 31 heavy (non-hydrogen) atoms. The van der Waals surface area contributed by atoms with Crippen molar-refractivity contribution < 1.29 is 0 Å². The Labute approximate surface area is 191 Å². The quantitative estimate of drug-likeness (QED) is 0.234. The van der Waals surface area contributed by atoms with Gasteiger partial charge in [0.05, 0.1) is 11.4 Å². The summed E-state index contributed by atoms with van der Waals surface area (Å²) < 4.78 is 4.42. The molecule has 0 saturated heterocycles. The van der Waals surface area contributed by atoms with E-state index in [1.807, 2.05) is 0 Å². The van der Waals surface area contributed by atoms with Gasteiger partial charge in [0.2, 0.25) is 0 Å². The summed E-state index contributed by atoms with van der Waals surface area (Å²) in [6.45, 7) is 13.9. The number of hydrazone groups is 2. The first-order chi connectivity index (χ1) is 14.5. The zero-order valence-electron chi connectivity index (χ0n) is 20.7. The van der Waals surface area contributed by atoms with Crippen LogP contribution in [0.5, 0.6) is 0 Å². The zero-order chi connectivity index (χ0) is 23.1. The molecule has 0 saturated carbocycles. The first kappa shape index (κ1) is 25.1. The Morgan fingerprint density at radius 1 is 0.613 bits per heavy atom. The lowest BCUT2D eigenvalue weighted by Crippen LogP contribution is -2.40. The topological polar surface area (TPSA) is 31.2 Å². The predicted molar refractivity (Wildman–Crippen MR) is 142 cm³/mol. The number of hydrogen-bond donors (Lipinski definition) is 0. The Balaban J connectivity index is 2.24. The minimum Gasteiger partial charge on any atom is -0.327 e. The van der Waals surface area contributed by atoms with Crippen molar-refractivity contribution in [3.63, 3.8) is 0 Å². The fraction of sp³-hybridized carbons (Fsp3) is 0.440. The van der Waals surface area contributed by atoms with E-state index in [1.165, 1.54) is 11.1 Å². The molecule has 0 heterocycles. The second kappa shape index (κ2) is 10.9. The van der Waals surface area contributed by atoms with Crippen molar-refractivity contribution in [3.8, 4) is 0 Å². The van der Waals surface area contributed by atoms with Gasteiger partial charge in [0.1, 0.15) is 0 Å². The Bertz CT molecular complexity index is 792. The molecule has 2 aromatic carbocycles. The molecule has 4 nitrogen and oxygen atoms in total. The van der Waals surface area contributed by atoms with Crippen molar-refractivity contribution in [1.29, 1.82) is 0 Å². The van der Waals surface area contributed by atoms with Crippen LogP contribution in [0.15, 0.2) is 70.9 Å². The number of hydrogen-bond acceptors (Lipinski definition) is 4. The Kier molecular flexibility index (Phi) is 8.83. The second-order valence-corrected chi connectivity index (χ2v) is 20.0. The molecule has 0 N–H and O–H groups in total. The molecule has 0 aliphatic carbocycles. The summed E-state index contributed by atoms with van der Waals surface area (Å²) >= 11 is 0. The molecule has 168 valence electrons. The molecule has 0 atom stereocenters. The Morgan fingerprint density at radius 3 is 1.23 bits per heavy atom. The molecule has 0 aliphatic heterocycles. The molecule has 2 rings (SSSR count). The number of rotatable bonds is 10. The van der Waals surface area contributed by atoms with E-state index in [4.69, 9.17) is 10.2 Å². The fourth-order valence-corrected chi connectivity index (χ4v) is 3.69. The van der Waals surface area contributed by atoms with E-state index in [1.54, 1.807) is 0 Å². The highest BCUT2D eigenvalue weighted by atomic mass is 28.3. The van der Waals surface area contributed by atoms with E-state index in [-0.39, 0.29) is 0 Å². The molecule has 0 aromatic heterocycles. The zero-order valence-corrected chi connectivity index (χ0v) is 22.7. The van der Waals surface area contributed by atoms with E-state index in [0.29, 0.717) is 0 Å². The Morgan fingerprint density at radius 2 is 0.935 bits per heavy atom. The maximum Gasteiger partial charge on any atom is 0.168 e. The summed E-state index contributed by atoms with van der Waals surface area (Å²) in [5.74, 6) is 0. The summed E-state index contributed by atoms with van der Waals surface area (Å²) in [5.41, 5.74) is 4.75. The van der Waals surface area contributed by atoms with E-state index < -0.39 is 16.5 Å². The van der Waals surface area contributed by atoms with Crippen LogP contribution in [0.1, 0.15) is 30.4 Å². The lowest BCUT2D eigenvalue weighted by Gasteiger charge is -2.29. The molecule has 6 heteroatoms. The normalized spacial score (nSPS) is 13.3. The largest absolute Gasteiger partial charge is 0.327 e. The molecule has 0 unspecified atom stereocenters. The SMILES string of the molecule is CN(N=C(CCCC(=NN(C)[Si](C)(C)C)c1ccccc1)c1ccccc1)[Si](C)(C)C. The van der Waals surface area contributed by atoms with Crippen LogP contribution in [0.4, 0.5) is 0 Å². The summed E-state index contributed by atoms with van der Waals surface area (Å²) in [4.78, 5) is 0. The van der Waals surface area contributed by atoms with Gasteiger partial charge in [0, 0.05) is 14.1 Å². The third-order valence-corrected chi connectivity index (χ3v) is 9.61. The summed E-state index contributed by atoms with van der Waals surface area (Å²) in [5, 5.41) is 10.1. The molecular formula is C25H40N4Si2. The average Bonchev–Trinajstić information content (AvgIpc) is 2.71. The van der Waals surface area contributed by atoms with E-state index in [2.05, 4.69) is 123 Å². The van der Waals surface area contributed by atoms with Crippen molar-refractivity contribution in [2.45, 2.75) is 58.5 Å². The summed E-state index contributed by atoms with van der Waals surface area (Å²) in [6, 6.07) is 21.2. The van der Waals surface area contributed by atoms with Crippen molar-refractivity contribution >= 4 is 27.9 Å². The average molecular weight is 453 g/mol. The van der Waals surface area contributed by atoms with Gasteiger partial charge in [-0.3, -0.25) is 0 Å². The van der Waals surface area contributed by atoms with E-state index >= 15 is 0 Å². The highest BCUT2D eigenvalue weighted by Gasteiger charge is 2.21. The van der Waals surface area contributed by atoms with Gasteiger partial charge in [-0.15, -0.1) is 0 Å². The number of benzene rings is 2. The highest BCUT2D eigenvalue weighted by Crippen LogP contribution is 2.17.